The molecule has 0 aliphatic carbocycles. The van der Waals surface area contributed by atoms with Crippen LogP contribution in [-0.4, -0.2) is 19.0 Å². The lowest BCUT2D eigenvalue weighted by Crippen LogP contribution is -2.26. The molecular weight excluding hydrogens is 200 g/mol. The summed E-state index contributed by atoms with van der Waals surface area (Å²) in [7, 11) is 0. The summed E-state index contributed by atoms with van der Waals surface area (Å²) in [6.45, 7) is 2.88. The predicted octanol–water partition coefficient (Wildman–Crippen LogP) is 1.40. The highest BCUT2D eigenvalue weighted by Crippen LogP contribution is 2.28. The normalized spacial score (nSPS) is 20.6. The van der Waals surface area contributed by atoms with Crippen LogP contribution in [0.2, 0.25) is 0 Å². The van der Waals surface area contributed by atoms with E-state index in [2.05, 4.69) is 28.8 Å². The van der Waals surface area contributed by atoms with Crippen molar-refractivity contribution in [3.63, 3.8) is 0 Å². The summed E-state index contributed by atoms with van der Waals surface area (Å²) in [6.07, 6.45) is 2.36. The van der Waals surface area contributed by atoms with Crippen molar-refractivity contribution >= 4 is 5.91 Å². The van der Waals surface area contributed by atoms with E-state index in [4.69, 9.17) is 0 Å². The zero-order valence-electron chi connectivity index (χ0n) is 9.25. The van der Waals surface area contributed by atoms with Crippen molar-refractivity contribution in [3.05, 3.63) is 34.9 Å². The smallest absolute Gasteiger partial charge is 0.251 e. The predicted molar refractivity (Wildman–Crippen MR) is 62.5 cm³/mol. The number of amides is 1. The first-order valence-electron chi connectivity index (χ1n) is 5.96. The van der Waals surface area contributed by atoms with Crippen molar-refractivity contribution in [3.8, 4) is 0 Å². The Labute approximate surface area is 95.2 Å². The molecule has 0 unspecified atom stereocenters. The molecule has 2 aliphatic rings. The van der Waals surface area contributed by atoms with Gasteiger partial charge in [0.15, 0.2) is 0 Å². The lowest BCUT2D eigenvalue weighted by atomic mass is 9.88. The van der Waals surface area contributed by atoms with Crippen LogP contribution in [0, 0.1) is 0 Å². The van der Waals surface area contributed by atoms with Gasteiger partial charge >= 0.3 is 0 Å². The minimum atomic E-state index is 0.0887. The molecule has 0 aromatic heterocycles. The Kier molecular flexibility index (Phi) is 2.40. The number of hydrogen-bond donors (Lipinski definition) is 2. The highest BCUT2D eigenvalue weighted by atomic mass is 16.1. The summed E-state index contributed by atoms with van der Waals surface area (Å²) in [6, 6.07) is 6.38. The molecule has 0 spiro atoms. The Morgan fingerprint density at radius 2 is 2.00 bits per heavy atom. The van der Waals surface area contributed by atoms with Crippen molar-refractivity contribution < 1.29 is 4.79 Å². The van der Waals surface area contributed by atoms with Gasteiger partial charge in [-0.25, -0.2) is 0 Å². The van der Waals surface area contributed by atoms with E-state index in [0.717, 1.165) is 24.2 Å². The molecule has 84 valence electrons. The number of piperidine rings is 1. The Morgan fingerprint density at radius 3 is 2.81 bits per heavy atom. The van der Waals surface area contributed by atoms with Gasteiger partial charge in [-0.2, -0.15) is 0 Å². The van der Waals surface area contributed by atoms with Crippen molar-refractivity contribution in [2.75, 3.05) is 13.1 Å². The van der Waals surface area contributed by atoms with Gasteiger partial charge in [-0.3, -0.25) is 4.79 Å². The van der Waals surface area contributed by atoms with E-state index in [9.17, 15) is 4.79 Å². The molecule has 1 aromatic rings. The summed E-state index contributed by atoms with van der Waals surface area (Å²) in [5, 5.41) is 6.23. The van der Waals surface area contributed by atoms with Gasteiger partial charge in [-0.1, -0.05) is 12.1 Å². The molecule has 1 fully saturated rings. The molecule has 1 aromatic carbocycles. The fraction of sp³-hybridized carbons (Fsp3) is 0.462. The Morgan fingerprint density at radius 1 is 1.19 bits per heavy atom. The molecule has 3 rings (SSSR count). The van der Waals surface area contributed by atoms with E-state index in [1.165, 1.54) is 18.4 Å². The van der Waals surface area contributed by atoms with Crippen molar-refractivity contribution in [1.82, 2.24) is 10.6 Å². The largest absolute Gasteiger partial charge is 0.348 e. The Bertz CT molecular complexity index is 422. The molecule has 0 radical (unpaired) electrons. The van der Waals surface area contributed by atoms with E-state index < -0.39 is 0 Å². The molecule has 1 amide bonds. The number of fused-ring (bicyclic) bond motifs is 1. The minimum Gasteiger partial charge on any atom is -0.348 e. The molecule has 3 nitrogen and oxygen atoms in total. The van der Waals surface area contributed by atoms with Gasteiger partial charge in [0.05, 0.1) is 0 Å². The summed E-state index contributed by atoms with van der Waals surface area (Å²) in [4.78, 5) is 11.6. The molecule has 2 heterocycles. The quantitative estimate of drug-likeness (QED) is 0.745. The first-order chi connectivity index (χ1) is 7.84. The average Bonchev–Trinajstić information content (AvgIpc) is 2.72. The third-order valence-corrected chi connectivity index (χ3v) is 3.63. The minimum absolute atomic E-state index is 0.0887. The van der Waals surface area contributed by atoms with Gasteiger partial charge in [-0.05, 0) is 49.0 Å². The van der Waals surface area contributed by atoms with Gasteiger partial charge in [0.1, 0.15) is 0 Å². The highest BCUT2D eigenvalue weighted by Gasteiger charge is 2.21. The van der Waals surface area contributed by atoms with Crippen LogP contribution < -0.4 is 10.6 Å². The number of benzene rings is 1. The number of carbonyl (C=O) groups excluding carboxylic acids is 1. The van der Waals surface area contributed by atoms with E-state index >= 15 is 0 Å². The standard InChI is InChI=1S/C13H16N2O/c16-13-12-7-10(1-2-11(12)8-15-13)9-3-5-14-6-4-9/h1-2,7,9,14H,3-6,8H2,(H,15,16). The second-order valence-electron chi connectivity index (χ2n) is 4.62. The maximum Gasteiger partial charge on any atom is 0.251 e. The number of carbonyl (C=O) groups is 1. The first kappa shape index (κ1) is 9.85. The SMILES string of the molecule is O=C1NCc2ccc(C3CCNCC3)cc21. The van der Waals surface area contributed by atoms with Crippen molar-refractivity contribution in [1.29, 1.82) is 0 Å². The summed E-state index contributed by atoms with van der Waals surface area (Å²) < 4.78 is 0. The highest BCUT2D eigenvalue weighted by molar-refractivity contribution is 5.98. The van der Waals surface area contributed by atoms with Crippen molar-refractivity contribution in [2.45, 2.75) is 25.3 Å². The molecule has 2 N–H and O–H groups in total. The number of nitrogens with one attached hydrogen (secondary N) is 2. The maximum absolute atomic E-state index is 11.6. The van der Waals surface area contributed by atoms with Crippen LogP contribution in [0.15, 0.2) is 18.2 Å². The molecule has 0 bridgehead atoms. The Hall–Kier alpha value is -1.35. The average molecular weight is 216 g/mol. The molecule has 0 saturated carbocycles. The molecule has 16 heavy (non-hydrogen) atoms. The van der Waals surface area contributed by atoms with Gasteiger partial charge in [0, 0.05) is 12.1 Å². The lowest BCUT2D eigenvalue weighted by Gasteiger charge is -2.23. The third kappa shape index (κ3) is 1.61. The van der Waals surface area contributed by atoms with Gasteiger partial charge < -0.3 is 10.6 Å². The van der Waals surface area contributed by atoms with E-state index in [1.54, 1.807) is 0 Å². The van der Waals surface area contributed by atoms with E-state index in [-0.39, 0.29) is 5.91 Å². The zero-order chi connectivity index (χ0) is 11.0. The zero-order valence-corrected chi connectivity index (χ0v) is 9.25. The maximum atomic E-state index is 11.6. The topological polar surface area (TPSA) is 41.1 Å². The van der Waals surface area contributed by atoms with Gasteiger partial charge in [0.25, 0.3) is 5.91 Å². The second-order valence-corrected chi connectivity index (χ2v) is 4.62. The van der Waals surface area contributed by atoms with Crippen molar-refractivity contribution in [2.24, 2.45) is 0 Å². The van der Waals surface area contributed by atoms with Crippen LogP contribution in [-0.2, 0) is 6.54 Å². The van der Waals surface area contributed by atoms with Crippen LogP contribution in [0.1, 0.15) is 40.2 Å². The molecular formula is C13H16N2O. The third-order valence-electron chi connectivity index (χ3n) is 3.63. The first-order valence-corrected chi connectivity index (χ1v) is 5.96. The van der Waals surface area contributed by atoms with Gasteiger partial charge in [0.2, 0.25) is 0 Å². The van der Waals surface area contributed by atoms with Crippen LogP contribution in [0.25, 0.3) is 0 Å². The Balaban J connectivity index is 1.91. The lowest BCUT2D eigenvalue weighted by molar-refractivity contribution is 0.0965. The fourth-order valence-corrected chi connectivity index (χ4v) is 2.64. The summed E-state index contributed by atoms with van der Waals surface area (Å²) in [5.74, 6) is 0.714. The van der Waals surface area contributed by atoms with Crippen LogP contribution in [0.5, 0.6) is 0 Å². The van der Waals surface area contributed by atoms with E-state index in [1.807, 2.05) is 0 Å². The number of rotatable bonds is 1. The van der Waals surface area contributed by atoms with Crippen LogP contribution in [0.4, 0.5) is 0 Å². The monoisotopic (exact) mass is 216 g/mol. The van der Waals surface area contributed by atoms with Crippen LogP contribution >= 0.6 is 0 Å². The molecule has 0 atom stereocenters. The molecule has 3 heteroatoms. The van der Waals surface area contributed by atoms with Crippen LogP contribution in [0.3, 0.4) is 0 Å². The fourth-order valence-electron chi connectivity index (χ4n) is 2.64. The summed E-state index contributed by atoms with van der Waals surface area (Å²) in [5.41, 5.74) is 3.36. The van der Waals surface area contributed by atoms with E-state index in [0.29, 0.717) is 12.5 Å². The second kappa shape index (κ2) is 3.91. The molecule has 1 saturated heterocycles. The van der Waals surface area contributed by atoms with Gasteiger partial charge in [-0.15, -0.1) is 0 Å². The number of hydrogen-bond acceptors (Lipinski definition) is 2. The summed E-state index contributed by atoms with van der Waals surface area (Å²) >= 11 is 0. The molecule has 2 aliphatic heterocycles.